The van der Waals surface area contributed by atoms with Gasteiger partial charge in [-0.1, -0.05) is 19.3 Å². The van der Waals surface area contributed by atoms with Gasteiger partial charge in [-0.25, -0.2) is 0 Å². The number of Topliss-reactive ketones (excluding diaryl/α,β-unsaturated/α-hetero) is 2. The molecule has 5 atom stereocenters. The number of carbonyl (C=O) groups is 2. The molecular weight excluding hydrogens is 236 g/mol. The molecule has 0 saturated heterocycles. The molecular formula is C17H26O2. The summed E-state index contributed by atoms with van der Waals surface area (Å²) in [6.07, 6.45) is 10.3. The van der Waals surface area contributed by atoms with Crippen molar-refractivity contribution in [1.29, 1.82) is 0 Å². The molecule has 0 amide bonds. The smallest absolute Gasteiger partial charge is 0.139 e. The Kier molecular flexibility index (Phi) is 3.77. The normalized spacial score (nSPS) is 43.0. The second-order valence-electron chi connectivity index (χ2n) is 7.05. The zero-order chi connectivity index (χ0) is 13.4. The fourth-order valence-corrected chi connectivity index (χ4v) is 5.14. The van der Waals surface area contributed by atoms with E-state index in [0.717, 1.165) is 38.5 Å². The summed E-state index contributed by atoms with van der Waals surface area (Å²) >= 11 is 0. The van der Waals surface area contributed by atoms with E-state index in [4.69, 9.17) is 0 Å². The molecule has 0 aromatic heterocycles. The summed E-state index contributed by atoms with van der Waals surface area (Å²) < 4.78 is 0. The molecule has 0 radical (unpaired) electrons. The van der Waals surface area contributed by atoms with E-state index in [1.807, 2.05) is 0 Å². The lowest BCUT2D eigenvalue weighted by atomic mass is 9.65. The standard InChI is InChI=1S/C17H26O2/c1-11(18)13-10-9-12-5-2-3-6-14(12)17(19)16-8-4-7-15(13)16/h12-16H,2-10H2,1H3. The van der Waals surface area contributed by atoms with Crippen molar-refractivity contribution in [2.45, 2.75) is 64.7 Å². The first kappa shape index (κ1) is 13.3. The highest BCUT2D eigenvalue weighted by molar-refractivity contribution is 5.86. The Morgan fingerprint density at radius 2 is 1.63 bits per heavy atom. The minimum Gasteiger partial charge on any atom is -0.300 e. The fourth-order valence-electron chi connectivity index (χ4n) is 5.14. The van der Waals surface area contributed by atoms with Gasteiger partial charge in [0.1, 0.15) is 11.6 Å². The third kappa shape index (κ3) is 2.39. The van der Waals surface area contributed by atoms with Gasteiger partial charge in [-0.2, -0.15) is 0 Å². The van der Waals surface area contributed by atoms with Crippen LogP contribution < -0.4 is 0 Å². The molecule has 0 aliphatic heterocycles. The molecule has 0 heterocycles. The quantitative estimate of drug-likeness (QED) is 0.720. The Morgan fingerprint density at radius 3 is 2.42 bits per heavy atom. The maximum Gasteiger partial charge on any atom is 0.139 e. The largest absolute Gasteiger partial charge is 0.300 e. The van der Waals surface area contributed by atoms with Crippen LogP contribution in [0.2, 0.25) is 0 Å². The summed E-state index contributed by atoms with van der Waals surface area (Å²) in [7, 11) is 0. The van der Waals surface area contributed by atoms with Crippen LogP contribution >= 0.6 is 0 Å². The number of rotatable bonds is 1. The van der Waals surface area contributed by atoms with E-state index in [9.17, 15) is 9.59 Å². The van der Waals surface area contributed by atoms with Gasteiger partial charge in [0, 0.05) is 17.8 Å². The van der Waals surface area contributed by atoms with Gasteiger partial charge in [-0.3, -0.25) is 9.59 Å². The number of fused-ring (bicyclic) bond motifs is 2. The van der Waals surface area contributed by atoms with Crippen LogP contribution in [0.25, 0.3) is 0 Å². The molecule has 0 aromatic rings. The van der Waals surface area contributed by atoms with Gasteiger partial charge in [0.05, 0.1) is 0 Å². The molecule has 3 rings (SSSR count). The van der Waals surface area contributed by atoms with Crippen molar-refractivity contribution in [3.63, 3.8) is 0 Å². The van der Waals surface area contributed by atoms with Crippen LogP contribution in [0.5, 0.6) is 0 Å². The van der Waals surface area contributed by atoms with Crippen molar-refractivity contribution < 1.29 is 9.59 Å². The number of ketones is 2. The van der Waals surface area contributed by atoms with Gasteiger partial charge < -0.3 is 0 Å². The minimum absolute atomic E-state index is 0.180. The van der Waals surface area contributed by atoms with E-state index in [1.165, 1.54) is 19.3 Å². The van der Waals surface area contributed by atoms with E-state index in [0.29, 0.717) is 29.3 Å². The zero-order valence-electron chi connectivity index (χ0n) is 12.1. The van der Waals surface area contributed by atoms with E-state index in [2.05, 4.69) is 0 Å². The molecule has 0 aromatic carbocycles. The number of carbonyl (C=O) groups excluding carboxylic acids is 2. The Hall–Kier alpha value is -0.660. The average molecular weight is 262 g/mol. The third-order valence-corrected chi connectivity index (χ3v) is 6.10. The van der Waals surface area contributed by atoms with Crippen molar-refractivity contribution in [3.8, 4) is 0 Å². The molecule has 0 N–H and O–H groups in total. The van der Waals surface area contributed by atoms with Crippen LogP contribution in [0.1, 0.15) is 64.7 Å². The Morgan fingerprint density at radius 1 is 0.895 bits per heavy atom. The highest BCUT2D eigenvalue weighted by atomic mass is 16.1. The lowest BCUT2D eigenvalue weighted by molar-refractivity contribution is -0.134. The molecule has 2 nitrogen and oxygen atoms in total. The summed E-state index contributed by atoms with van der Waals surface area (Å²) in [6.45, 7) is 1.74. The Bertz CT molecular complexity index is 373. The lowest BCUT2D eigenvalue weighted by Crippen LogP contribution is -2.39. The topological polar surface area (TPSA) is 34.1 Å². The zero-order valence-corrected chi connectivity index (χ0v) is 12.1. The van der Waals surface area contributed by atoms with E-state index < -0.39 is 0 Å². The minimum atomic E-state index is 0.180. The Balaban J connectivity index is 1.86. The first-order valence-corrected chi connectivity index (χ1v) is 8.22. The highest BCUT2D eigenvalue weighted by Crippen LogP contribution is 2.47. The van der Waals surface area contributed by atoms with Crippen LogP contribution in [-0.2, 0) is 9.59 Å². The maximum absolute atomic E-state index is 12.9. The molecule has 3 aliphatic carbocycles. The van der Waals surface area contributed by atoms with Crippen LogP contribution in [0.15, 0.2) is 0 Å². The molecule has 0 spiro atoms. The Labute approximate surface area is 116 Å². The van der Waals surface area contributed by atoms with Gasteiger partial charge in [0.25, 0.3) is 0 Å². The second-order valence-corrected chi connectivity index (χ2v) is 7.05. The third-order valence-electron chi connectivity index (χ3n) is 6.10. The van der Waals surface area contributed by atoms with Crippen LogP contribution in [0, 0.1) is 29.6 Å². The van der Waals surface area contributed by atoms with Gasteiger partial charge in [-0.15, -0.1) is 0 Å². The molecule has 106 valence electrons. The van der Waals surface area contributed by atoms with Crippen molar-refractivity contribution in [2.75, 3.05) is 0 Å². The number of hydrogen-bond acceptors (Lipinski definition) is 2. The first-order valence-electron chi connectivity index (χ1n) is 8.22. The number of hydrogen-bond donors (Lipinski definition) is 0. The lowest BCUT2D eigenvalue weighted by Gasteiger charge is -2.38. The van der Waals surface area contributed by atoms with Gasteiger partial charge in [0.15, 0.2) is 0 Å². The van der Waals surface area contributed by atoms with Crippen LogP contribution in [0.3, 0.4) is 0 Å². The summed E-state index contributed by atoms with van der Waals surface area (Å²) in [5.74, 6) is 2.58. The van der Waals surface area contributed by atoms with Crippen molar-refractivity contribution in [1.82, 2.24) is 0 Å². The summed E-state index contributed by atoms with van der Waals surface area (Å²) in [4.78, 5) is 24.8. The van der Waals surface area contributed by atoms with Crippen molar-refractivity contribution >= 4 is 11.6 Å². The van der Waals surface area contributed by atoms with Crippen molar-refractivity contribution in [3.05, 3.63) is 0 Å². The van der Waals surface area contributed by atoms with E-state index >= 15 is 0 Å². The summed E-state index contributed by atoms with van der Waals surface area (Å²) in [6, 6.07) is 0. The fraction of sp³-hybridized carbons (Fsp3) is 0.882. The van der Waals surface area contributed by atoms with Gasteiger partial charge in [0.2, 0.25) is 0 Å². The summed E-state index contributed by atoms with van der Waals surface area (Å²) in [5.41, 5.74) is 0. The van der Waals surface area contributed by atoms with Gasteiger partial charge in [-0.05, 0) is 57.3 Å². The van der Waals surface area contributed by atoms with Crippen LogP contribution in [-0.4, -0.2) is 11.6 Å². The van der Waals surface area contributed by atoms with Crippen LogP contribution in [0.4, 0.5) is 0 Å². The molecule has 3 aliphatic rings. The van der Waals surface area contributed by atoms with E-state index in [-0.39, 0.29) is 11.8 Å². The molecule has 2 heteroatoms. The highest BCUT2D eigenvalue weighted by Gasteiger charge is 2.45. The predicted octanol–water partition coefficient (Wildman–Crippen LogP) is 3.78. The predicted molar refractivity (Wildman–Crippen MR) is 74.7 cm³/mol. The monoisotopic (exact) mass is 262 g/mol. The molecule has 3 saturated carbocycles. The van der Waals surface area contributed by atoms with E-state index in [1.54, 1.807) is 6.92 Å². The molecule has 0 bridgehead atoms. The summed E-state index contributed by atoms with van der Waals surface area (Å²) in [5, 5.41) is 0. The SMILES string of the molecule is CC(=O)C1CCC2CCCCC2C(=O)C2CCCC12. The van der Waals surface area contributed by atoms with Gasteiger partial charge >= 0.3 is 0 Å². The molecule has 19 heavy (non-hydrogen) atoms. The average Bonchev–Trinajstić information content (AvgIpc) is 2.85. The molecule has 5 unspecified atom stereocenters. The molecule has 3 fully saturated rings. The maximum atomic E-state index is 12.9. The van der Waals surface area contributed by atoms with Crippen molar-refractivity contribution in [2.24, 2.45) is 29.6 Å². The first-order chi connectivity index (χ1) is 9.18. The second kappa shape index (κ2) is 5.38.